The molecule has 0 aliphatic heterocycles. The number of thiophene rings is 1. The summed E-state index contributed by atoms with van der Waals surface area (Å²) in [6.45, 7) is 0. The molecular formula is C14H12N4O2S3. The number of aromatic amines is 1. The first-order valence-electron chi connectivity index (χ1n) is 7.07. The zero-order valence-electron chi connectivity index (χ0n) is 11.9. The Morgan fingerprint density at radius 2 is 2.35 bits per heavy atom. The maximum absolute atomic E-state index is 12.3. The summed E-state index contributed by atoms with van der Waals surface area (Å²) < 4.78 is 0. The lowest BCUT2D eigenvalue weighted by atomic mass is 10.2. The van der Waals surface area contributed by atoms with Crippen molar-refractivity contribution in [2.75, 3.05) is 11.1 Å². The molecule has 1 amide bonds. The molecule has 0 bridgehead atoms. The first kappa shape index (κ1) is 14.9. The summed E-state index contributed by atoms with van der Waals surface area (Å²) in [5.41, 5.74) is 1.06. The molecule has 118 valence electrons. The average Bonchev–Trinajstić information content (AvgIpc) is 3.21. The number of hydrogen-bond acceptors (Lipinski definition) is 7. The van der Waals surface area contributed by atoms with Crippen LogP contribution in [0, 0.1) is 0 Å². The van der Waals surface area contributed by atoms with E-state index in [0.717, 1.165) is 35.0 Å². The Morgan fingerprint density at radius 1 is 1.43 bits per heavy atom. The largest absolute Gasteiger partial charge is 0.301 e. The normalized spacial score (nSPS) is 13.4. The third kappa shape index (κ3) is 2.91. The van der Waals surface area contributed by atoms with Gasteiger partial charge in [0.2, 0.25) is 5.91 Å². The van der Waals surface area contributed by atoms with Gasteiger partial charge in [-0.2, -0.15) is 0 Å². The lowest BCUT2D eigenvalue weighted by Crippen LogP contribution is -2.15. The molecule has 0 radical (unpaired) electrons. The molecule has 3 aromatic rings. The van der Waals surface area contributed by atoms with Gasteiger partial charge in [-0.3, -0.25) is 9.59 Å². The summed E-state index contributed by atoms with van der Waals surface area (Å²) in [6.07, 6.45) is 4.75. The maximum atomic E-state index is 12.3. The van der Waals surface area contributed by atoms with E-state index >= 15 is 0 Å². The quantitative estimate of drug-likeness (QED) is 0.549. The Balaban J connectivity index is 1.51. The van der Waals surface area contributed by atoms with Crippen molar-refractivity contribution in [1.29, 1.82) is 0 Å². The summed E-state index contributed by atoms with van der Waals surface area (Å²) in [4.78, 5) is 37.5. The fraction of sp³-hybridized carbons (Fsp3) is 0.286. The number of nitrogens with one attached hydrogen (secondary N) is 2. The fourth-order valence-corrected chi connectivity index (χ4v) is 5.15. The lowest BCUT2D eigenvalue weighted by molar-refractivity contribution is -0.113. The molecule has 0 saturated heterocycles. The van der Waals surface area contributed by atoms with Crippen molar-refractivity contribution in [2.24, 2.45) is 0 Å². The Labute approximate surface area is 143 Å². The molecule has 23 heavy (non-hydrogen) atoms. The molecule has 0 spiro atoms. The highest BCUT2D eigenvalue weighted by Gasteiger charge is 2.21. The number of H-pyrrole nitrogens is 1. The van der Waals surface area contributed by atoms with Gasteiger partial charge in [0.25, 0.3) is 5.56 Å². The Morgan fingerprint density at radius 3 is 3.17 bits per heavy atom. The van der Waals surface area contributed by atoms with Crippen molar-refractivity contribution in [3.05, 3.63) is 32.4 Å². The molecular weight excluding hydrogens is 352 g/mol. The number of thiazole rings is 1. The molecule has 0 fully saturated rings. The number of aryl methyl sites for hydroxylation is 2. The minimum Gasteiger partial charge on any atom is -0.301 e. The number of amides is 1. The highest BCUT2D eigenvalue weighted by molar-refractivity contribution is 7.99. The van der Waals surface area contributed by atoms with E-state index < -0.39 is 0 Å². The van der Waals surface area contributed by atoms with E-state index in [0.29, 0.717) is 10.3 Å². The second-order valence-corrected chi connectivity index (χ2v) is 8.02. The molecule has 1 aliphatic carbocycles. The number of carbonyl (C=O) groups excluding carboxylic acids is 1. The molecule has 9 heteroatoms. The first-order valence-corrected chi connectivity index (χ1v) is 9.75. The minimum atomic E-state index is -0.165. The number of carbonyl (C=O) groups is 1. The van der Waals surface area contributed by atoms with E-state index in [9.17, 15) is 9.59 Å². The van der Waals surface area contributed by atoms with E-state index in [1.807, 2.05) is 0 Å². The number of hydrogen-bond donors (Lipinski definition) is 2. The van der Waals surface area contributed by atoms with Gasteiger partial charge < -0.3 is 10.3 Å². The van der Waals surface area contributed by atoms with Gasteiger partial charge in [0.1, 0.15) is 4.83 Å². The Hall–Kier alpha value is -1.71. The first-order chi connectivity index (χ1) is 11.2. The Kier molecular flexibility index (Phi) is 3.92. The van der Waals surface area contributed by atoms with E-state index in [1.165, 1.54) is 28.0 Å². The monoisotopic (exact) mass is 364 g/mol. The number of fused-ring (bicyclic) bond motifs is 3. The van der Waals surface area contributed by atoms with Crippen LogP contribution in [0.2, 0.25) is 0 Å². The lowest BCUT2D eigenvalue weighted by Gasteiger charge is -2.02. The van der Waals surface area contributed by atoms with E-state index in [1.54, 1.807) is 22.9 Å². The summed E-state index contributed by atoms with van der Waals surface area (Å²) in [5, 5.41) is 6.29. The van der Waals surface area contributed by atoms with Gasteiger partial charge in [-0.15, -0.1) is 22.7 Å². The molecule has 4 rings (SSSR count). The molecule has 3 heterocycles. The smallest absolute Gasteiger partial charge is 0.260 e. The molecule has 0 aromatic carbocycles. The minimum absolute atomic E-state index is 0.0998. The van der Waals surface area contributed by atoms with Crippen LogP contribution < -0.4 is 10.9 Å². The van der Waals surface area contributed by atoms with Crippen LogP contribution in [0.25, 0.3) is 10.2 Å². The molecule has 0 saturated carbocycles. The van der Waals surface area contributed by atoms with Gasteiger partial charge in [0, 0.05) is 16.5 Å². The molecule has 6 nitrogen and oxygen atoms in total. The van der Waals surface area contributed by atoms with Crippen LogP contribution in [-0.2, 0) is 17.6 Å². The van der Waals surface area contributed by atoms with Gasteiger partial charge in [-0.1, -0.05) is 11.8 Å². The van der Waals surface area contributed by atoms with Crippen LogP contribution in [0.4, 0.5) is 5.13 Å². The topological polar surface area (TPSA) is 87.7 Å². The second kappa shape index (κ2) is 6.06. The standard InChI is InChI=1S/C14H12N4O2S3/c19-9(16-13-15-4-5-21-13)6-22-14-17-11(20)10-7-2-1-3-8(7)23-12(10)18-14/h4-5H,1-3,6H2,(H,15,16,19)(H,17,18,20). The highest BCUT2D eigenvalue weighted by Crippen LogP contribution is 2.35. The maximum Gasteiger partial charge on any atom is 0.260 e. The van der Waals surface area contributed by atoms with E-state index in [2.05, 4.69) is 20.3 Å². The van der Waals surface area contributed by atoms with Crippen LogP contribution in [-0.4, -0.2) is 26.6 Å². The van der Waals surface area contributed by atoms with Gasteiger partial charge in [-0.05, 0) is 24.8 Å². The van der Waals surface area contributed by atoms with Crippen LogP contribution in [0.3, 0.4) is 0 Å². The van der Waals surface area contributed by atoms with Gasteiger partial charge in [0.05, 0.1) is 11.1 Å². The average molecular weight is 364 g/mol. The number of thioether (sulfide) groups is 1. The predicted octanol–water partition coefficient (Wildman–Crippen LogP) is 2.66. The van der Waals surface area contributed by atoms with Gasteiger partial charge >= 0.3 is 0 Å². The molecule has 2 N–H and O–H groups in total. The van der Waals surface area contributed by atoms with Crippen molar-refractivity contribution >= 4 is 55.7 Å². The van der Waals surface area contributed by atoms with Crippen molar-refractivity contribution in [3.63, 3.8) is 0 Å². The molecule has 0 atom stereocenters. The highest BCUT2D eigenvalue weighted by atomic mass is 32.2. The van der Waals surface area contributed by atoms with Crippen molar-refractivity contribution < 1.29 is 4.79 Å². The fourth-order valence-electron chi connectivity index (χ4n) is 2.63. The Bertz CT molecular complexity index is 930. The number of aromatic nitrogens is 3. The van der Waals surface area contributed by atoms with E-state index in [4.69, 9.17) is 0 Å². The van der Waals surface area contributed by atoms with Gasteiger partial charge in [0.15, 0.2) is 10.3 Å². The van der Waals surface area contributed by atoms with E-state index in [-0.39, 0.29) is 17.2 Å². The molecule has 1 aliphatic rings. The summed E-state index contributed by atoms with van der Waals surface area (Å²) in [6, 6.07) is 0. The molecule has 3 aromatic heterocycles. The third-order valence-corrected chi connectivity index (χ3v) is 6.32. The number of nitrogens with zero attached hydrogens (tertiary/aromatic N) is 2. The van der Waals surface area contributed by atoms with Crippen LogP contribution in [0.5, 0.6) is 0 Å². The third-order valence-electron chi connectivity index (χ3n) is 3.57. The second-order valence-electron chi connectivity index (χ2n) is 5.08. The van der Waals surface area contributed by atoms with Crippen LogP contribution in [0.1, 0.15) is 16.9 Å². The van der Waals surface area contributed by atoms with Crippen LogP contribution in [0.15, 0.2) is 21.5 Å². The number of anilines is 1. The van der Waals surface area contributed by atoms with Crippen molar-refractivity contribution in [1.82, 2.24) is 15.0 Å². The zero-order chi connectivity index (χ0) is 15.8. The summed E-state index contributed by atoms with van der Waals surface area (Å²) in [5.74, 6) is 0.0143. The van der Waals surface area contributed by atoms with Gasteiger partial charge in [-0.25, -0.2) is 9.97 Å². The van der Waals surface area contributed by atoms with Crippen molar-refractivity contribution in [3.8, 4) is 0 Å². The predicted molar refractivity (Wildman–Crippen MR) is 93.7 cm³/mol. The summed E-state index contributed by atoms with van der Waals surface area (Å²) >= 11 is 4.19. The van der Waals surface area contributed by atoms with Crippen LogP contribution >= 0.6 is 34.4 Å². The van der Waals surface area contributed by atoms with Crippen molar-refractivity contribution in [2.45, 2.75) is 24.4 Å². The number of rotatable bonds is 4. The zero-order valence-corrected chi connectivity index (χ0v) is 14.4. The molecule has 0 unspecified atom stereocenters. The summed E-state index contributed by atoms with van der Waals surface area (Å²) in [7, 11) is 0. The SMILES string of the molecule is O=C(CSc1nc2sc3c(c2c(=O)[nH]1)CCC3)Nc1nccs1.